The van der Waals surface area contributed by atoms with Crippen molar-refractivity contribution in [2.24, 2.45) is 5.92 Å². The van der Waals surface area contributed by atoms with Crippen LogP contribution in [0.1, 0.15) is 38.3 Å². The van der Waals surface area contributed by atoms with Gasteiger partial charge in [0, 0.05) is 17.6 Å². The molecule has 0 aliphatic carbocycles. The van der Waals surface area contributed by atoms with E-state index in [1.54, 1.807) is 12.1 Å². The summed E-state index contributed by atoms with van der Waals surface area (Å²) in [4.78, 5) is 0. The van der Waals surface area contributed by atoms with Gasteiger partial charge in [-0.1, -0.05) is 38.4 Å². The Morgan fingerprint density at radius 2 is 2.12 bits per heavy atom. The van der Waals surface area contributed by atoms with Gasteiger partial charge in [0.05, 0.1) is 11.6 Å². The number of hydrogen-bond acceptors (Lipinski definition) is 2. The largest absolute Gasteiger partial charge is 0.310 e. The van der Waals surface area contributed by atoms with Crippen LogP contribution in [0.5, 0.6) is 0 Å². The van der Waals surface area contributed by atoms with Crippen molar-refractivity contribution < 1.29 is 0 Å². The molecule has 17 heavy (non-hydrogen) atoms. The van der Waals surface area contributed by atoms with E-state index in [0.717, 1.165) is 18.5 Å². The summed E-state index contributed by atoms with van der Waals surface area (Å²) in [5.41, 5.74) is 1.65. The average Bonchev–Trinajstić information content (AvgIpc) is 2.31. The lowest BCUT2D eigenvalue weighted by molar-refractivity contribution is 0.387. The molecular weight excluding hydrogens is 232 g/mol. The van der Waals surface area contributed by atoms with Crippen LogP contribution >= 0.6 is 11.6 Å². The highest BCUT2D eigenvalue weighted by Gasteiger charge is 2.10. The van der Waals surface area contributed by atoms with E-state index in [1.165, 1.54) is 0 Å². The summed E-state index contributed by atoms with van der Waals surface area (Å²) < 4.78 is 0. The molecule has 2 nitrogen and oxygen atoms in total. The molecule has 0 fully saturated rings. The van der Waals surface area contributed by atoms with Gasteiger partial charge in [0.1, 0.15) is 0 Å². The molecule has 1 N–H and O–H groups in total. The van der Waals surface area contributed by atoms with Gasteiger partial charge >= 0.3 is 0 Å². The normalized spacial score (nSPS) is 12.5. The Bertz CT molecular complexity index is 407. The van der Waals surface area contributed by atoms with Crippen molar-refractivity contribution in [3.05, 3.63) is 34.3 Å². The van der Waals surface area contributed by atoms with Crippen molar-refractivity contribution in [1.29, 1.82) is 5.26 Å². The lowest BCUT2D eigenvalue weighted by atomic mass is 10.0. The monoisotopic (exact) mass is 250 g/mol. The zero-order valence-corrected chi connectivity index (χ0v) is 11.4. The number of nitrogens with zero attached hydrogens (tertiary/aromatic N) is 1. The Balaban J connectivity index is 2.67. The second kappa shape index (κ2) is 6.64. The maximum atomic E-state index is 8.76. The molecule has 92 valence electrons. The van der Waals surface area contributed by atoms with Crippen molar-refractivity contribution in [3.63, 3.8) is 0 Å². The Kier molecular flexibility index (Phi) is 5.47. The van der Waals surface area contributed by atoms with E-state index >= 15 is 0 Å². The van der Waals surface area contributed by atoms with Crippen molar-refractivity contribution in [3.8, 4) is 6.07 Å². The average molecular weight is 251 g/mol. The maximum absolute atomic E-state index is 8.76. The highest BCUT2D eigenvalue weighted by Crippen LogP contribution is 2.18. The zero-order chi connectivity index (χ0) is 12.8. The van der Waals surface area contributed by atoms with Crippen LogP contribution in [-0.2, 0) is 6.54 Å². The molecule has 1 atom stereocenters. The van der Waals surface area contributed by atoms with Gasteiger partial charge in [-0.3, -0.25) is 0 Å². The molecule has 0 aliphatic rings. The van der Waals surface area contributed by atoms with Crippen molar-refractivity contribution in [2.45, 2.75) is 39.8 Å². The molecule has 1 aromatic carbocycles. The van der Waals surface area contributed by atoms with Crippen molar-refractivity contribution in [2.75, 3.05) is 0 Å². The van der Waals surface area contributed by atoms with Crippen LogP contribution < -0.4 is 5.32 Å². The minimum absolute atomic E-state index is 0.502. The molecule has 0 heterocycles. The third-order valence-electron chi connectivity index (χ3n) is 2.98. The lowest BCUT2D eigenvalue weighted by Crippen LogP contribution is -2.32. The van der Waals surface area contributed by atoms with E-state index in [1.807, 2.05) is 6.07 Å². The van der Waals surface area contributed by atoms with E-state index in [4.69, 9.17) is 16.9 Å². The predicted molar refractivity (Wildman–Crippen MR) is 71.9 cm³/mol. The van der Waals surface area contributed by atoms with Crippen LogP contribution in [-0.4, -0.2) is 6.04 Å². The second-order valence-corrected chi connectivity index (χ2v) is 4.96. The standard InChI is InChI=1S/C14H19ClN2/c1-4-14(10(2)3)17-9-12-6-5-11(8-16)7-13(12)15/h5-7,10,14,17H,4,9H2,1-3H3. The summed E-state index contributed by atoms with van der Waals surface area (Å²) in [6.45, 7) is 7.35. The number of hydrogen-bond donors (Lipinski definition) is 1. The molecule has 0 aliphatic heterocycles. The number of benzene rings is 1. The number of halogens is 1. The van der Waals surface area contributed by atoms with E-state index < -0.39 is 0 Å². The second-order valence-electron chi connectivity index (χ2n) is 4.56. The first-order chi connectivity index (χ1) is 8.08. The first-order valence-corrected chi connectivity index (χ1v) is 6.38. The van der Waals surface area contributed by atoms with Gasteiger partial charge in [-0.25, -0.2) is 0 Å². The highest BCUT2D eigenvalue weighted by atomic mass is 35.5. The van der Waals surface area contributed by atoms with Crippen molar-refractivity contribution >= 4 is 11.6 Å². The zero-order valence-electron chi connectivity index (χ0n) is 10.6. The fourth-order valence-electron chi connectivity index (χ4n) is 1.85. The summed E-state index contributed by atoms with van der Waals surface area (Å²) in [6, 6.07) is 8.03. The van der Waals surface area contributed by atoms with Crippen LogP contribution in [0.4, 0.5) is 0 Å². The van der Waals surface area contributed by atoms with Crippen LogP contribution in [0, 0.1) is 17.2 Å². The van der Waals surface area contributed by atoms with Gasteiger partial charge < -0.3 is 5.32 Å². The van der Waals surface area contributed by atoms with Crippen LogP contribution in [0.25, 0.3) is 0 Å². The summed E-state index contributed by atoms with van der Waals surface area (Å²) >= 11 is 6.12. The Hall–Kier alpha value is -1.04. The summed E-state index contributed by atoms with van der Waals surface area (Å²) in [7, 11) is 0. The maximum Gasteiger partial charge on any atom is 0.0992 e. The SMILES string of the molecule is CCC(NCc1ccc(C#N)cc1Cl)C(C)C. The summed E-state index contributed by atoms with van der Waals surface area (Å²) in [5.74, 6) is 0.608. The Morgan fingerprint density at radius 3 is 2.59 bits per heavy atom. The van der Waals surface area contributed by atoms with E-state index in [2.05, 4.69) is 32.2 Å². The van der Waals surface area contributed by atoms with E-state index in [0.29, 0.717) is 22.5 Å². The molecule has 0 spiro atoms. The fourth-order valence-corrected chi connectivity index (χ4v) is 2.10. The van der Waals surface area contributed by atoms with E-state index in [9.17, 15) is 0 Å². The predicted octanol–water partition coefficient (Wildman–Crippen LogP) is 3.74. The molecular formula is C14H19ClN2. The number of nitrogens with one attached hydrogen (secondary N) is 1. The van der Waals surface area contributed by atoms with Crippen molar-refractivity contribution in [1.82, 2.24) is 5.32 Å². The highest BCUT2D eigenvalue weighted by molar-refractivity contribution is 6.31. The molecule has 0 saturated heterocycles. The van der Waals surface area contributed by atoms with Gasteiger partial charge in [-0.05, 0) is 30.0 Å². The Labute approximate surface area is 109 Å². The van der Waals surface area contributed by atoms with E-state index in [-0.39, 0.29) is 0 Å². The smallest absolute Gasteiger partial charge is 0.0992 e. The van der Waals surface area contributed by atoms with Gasteiger partial charge in [0.25, 0.3) is 0 Å². The number of rotatable bonds is 5. The van der Waals surface area contributed by atoms with Crippen LogP contribution in [0.3, 0.4) is 0 Å². The third-order valence-corrected chi connectivity index (χ3v) is 3.33. The third kappa shape index (κ3) is 4.03. The molecule has 1 aromatic rings. The molecule has 1 rings (SSSR count). The van der Waals surface area contributed by atoms with Gasteiger partial charge in [0.15, 0.2) is 0 Å². The minimum atomic E-state index is 0.502. The molecule has 0 saturated carbocycles. The first-order valence-electron chi connectivity index (χ1n) is 6.00. The first kappa shape index (κ1) is 14.0. The quantitative estimate of drug-likeness (QED) is 0.864. The molecule has 0 radical (unpaired) electrons. The fraction of sp³-hybridized carbons (Fsp3) is 0.500. The topological polar surface area (TPSA) is 35.8 Å². The summed E-state index contributed by atoms with van der Waals surface area (Å²) in [6.07, 6.45) is 1.10. The van der Waals surface area contributed by atoms with Crippen LogP contribution in [0.2, 0.25) is 5.02 Å². The minimum Gasteiger partial charge on any atom is -0.310 e. The molecule has 0 amide bonds. The molecule has 3 heteroatoms. The lowest BCUT2D eigenvalue weighted by Gasteiger charge is -2.21. The summed E-state index contributed by atoms with van der Waals surface area (Å²) in [5, 5.41) is 12.9. The van der Waals surface area contributed by atoms with Crippen LogP contribution in [0.15, 0.2) is 18.2 Å². The molecule has 0 aromatic heterocycles. The van der Waals surface area contributed by atoms with Gasteiger partial charge in [-0.15, -0.1) is 0 Å². The molecule has 0 bridgehead atoms. The number of nitriles is 1. The Morgan fingerprint density at radius 1 is 1.41 bits per heavy atom. The molecule has 1 unspecified atom stereocenters. The van der Waals surface area contributed by atoms with Gasteiger partial charge in [0.2, 0.25) is 0 Å². The van der Waals surface area contributed by atoms with Gasteiger partial charge in [-0.2, -0.15) is 5.26 Å².